The first-order chi connectivity index (χ1) is 43.9. The van der Waals surface area contributed by atoms with Gasteiger partial charge in [-0.05, 0) is 150 Å². The third-order valence-electron chi connectivity index (χ3n) is 20.4. The average Bonchev–Trinajstić information content (AvgIpc) is 0.727. The zero-order valence-corrected chi connectivity index (χ0v) is 57.1. The molecule has 2 aliphatic heterocycles. The highest BCUT2D eigenvalue weighted by Gasteiger charge is 2.51. The van der Waals surface area contributed by atoms with Crippen LogP contribution < -0.4 is 79.2 Å². The number of fused-ring (bicyclic) bond motifs is 4. The Hall–Kier alpha value is -9.00. The maximum absolute atomic E-state index is 3.37. The SMILES string of the molecule is Cc1cc(C)c(B2c3cc(C(C)(C)C)ccc3N3c4ccc(C(C)(C)C)cc4B(c4c(C)cc(C)cc4C)c4cc(-c5c([Si](c6ccccc6)(c6ccccc6)c6ccccc6)cccc5[Si](c5ccccc5)(c5ccccc5)c5ccccc5)cc2c43)c(C)c1. The maximum Gasteiger partial charge on any atom is 0.247 e. The minimum Gasteiger partial charge on any atom is -0.313 e. The number of nitrogens with zero attached hydrogens (tertiary/aromatic N) is 1. The van der Waals surface area contributed by atoms with Gasteiger partial charge in [-0.2, -0.15) is 0 Å². The topological polar surface area (TPSA) is 3.24 Å². The summed E-state index contributed by atoms with van der Waals surface area (Å²) in [4.78, 5) is 2.73. The van der Waals surface area contributed by atoms with Crippen LogP contribution in [0.2, 0.25) is 0 Å². The summed E-state index contributed by atoms with van der Waals surface area (Å²) in [6, 6.07) is 108. The van der Waals surface area contributed by atoms with Crippen molar-refractivity contribution < 1.29 is 0 Å². The third-order valence-corrected chi connectivity index (χ3v) is 30.0. The Morgan fingerprint density at radius 3 is 0.857 bits per heavy atom. The average molecular weight is 1210 g/mol. The molecule has 0 spiro atoms. The number of hydrogen-bond acceptors (Lipinski definition) is 1. The molecule has 91 heavy (non-hydrogen) atoms. The van der Waals surface area contributed by atoms with Gasteiger partial charge in [0.05, 0.1) is 0 Å². The van der Waals surface area contributed by atoms with Crippen molar-refractivity contribution in [3.63, 3.8) is 0 Å². The Balaban J connectivity index is 1.27. The van der Waals surface area contributed by atoms with E-state index in [1.54, 1.807) is 0 Å². The molecule has 12 aromatic rings. The fourth-order valence-corrected chi connectivity index (χ4v) is 26.8. The molecule has 0 bridgehead atoms. The third kappa shape index (κ3) is 9.81. The molecule has 0 saturated heterocycles. The van der Waals surface area contributed by atoms with E-state index in [2.05, 4.69) is 361 Å². The van der Waals surface area contributed by atoms with Crippen LogP contribution in [0.3, 0.4) is 0 Å². The van der Waals surface area contributed by atoms with Gasteiger partial charge >= 0.3 is 0 Å². The molecule has 444 valence electrons. The summed E-state index contributed by atoms with van der Waals surface area (Å²) in [6.07, 6.45) is 0. The number of rotatable bonds is 11. The Morgan fingerprint density at radius 1 is 0.297 bits per heavy atom. The second-order valence-electron chi connectivity index (χ2n) is 28.3. The number of benzene rings is 12. The molecule has 0 fully saturated rings. The van der Waals surface area contributed by atoms with Crippen LogP contribution in [-0.4, -0.2) is 29.6 Å². The lowest BCUT2D eigenvalue weighted by atomic mass is 9.29. The van der Waals surface area contributed by atoms with Crippen molar-refractivity contribution in [2.45, 2.75) is 93.9 Å². The molecular weight excluding hydrogens is 1120 g/mol. The molecule has 2 aliphatic rings. The van der Waals surface area contributed by atoms with E-state index in [4.69, 9.17) is 0 Å². The molecule has 12 aromatic carbocycles. The van der Waals surface area contributed by atoms with Crippen LogP contribution in [0.25, 0.3) is 11.1 Å². The lowest BCUT2D eigenvalue weighted by Crippen LogP contribution is -2.78. The van der Waals surface area contributed by atoms with E-state index in [0.717, 1.165) is 0 Å². The van der Waals surface area contributed by atoms with Crippen molar-refractivity contribution in [2.24, 2.45) is 0 Å². The summed E-state index contributed by atoms with van der Waals surface area (Å²) in [5.41, 5.74) is 24.9. The first kappa shape index (κ1) is 59.6. The van der Waals surface area contributed by atoms with E-state index in [0.29, 0.717) is 0 Å². The Labute approximate surface area is 544 Å². The van der Waals surface area contributed by atoms with Gasteiger partial charge in [-0.15, -0.1) is 0 Å². The van der Waals surface area contributed by atoms with Crippen molar-refractivity contribution in [2.75, 3.05) is 4.90 Å². The summed E-state index contributed by atoms with van der Waals surface area (Å²) < 4.78 is 0. The predicted octanol–water partition coefficient (Wildman–Crippen LogP) is 11.7. The van der Waals surface area contributed by atoms with Gasteiger partial charge in [-0.3, -0.25) is 0 Å². The van der Waals surface area contributed by atoms with Crippen molar-refractivity contribution >= 4 is 121 Å². The lowest BCUT2D eigenvalue weighted by Gasteiger charge is -2.46. The van der Waals surface area contributed by atoms with Crippen LogP contribution in [0.4, 0.5) is 17.1 Å². The van der Waals surface area contributed by atoms with Crippen molar-refractivity contribution in [3.8, 4) is 11.1 Å². The van der Waals surface area contributed by atoms with Crippen LogP contribution in [0.5, 0.6) is 0 Å². The van der Waals surface area contributed by atoms with Crippen molar-refractivity contribution in [1.82, 2.24) is 0 Å². The summed E-state index contributed by atoms with van der Waals surface area (Å²) in [5.74, 6) is 0. The zero-order valence-electron chi connectivity index (χ0n) is 55.1. The van der Waals surface area contributed by atoms with E-state index < -0.39 is 16.1 Å². The van der Waals surface area contributed by atoms with E-state index in [-0.39, 0.29) is 24.3 Å². The first-order valence-electron chi connectivity index (χ1n) is 32.8. The van der Waals surface area contributed by atoms with Crippen molar-refractivity contribution in [3.05, 3.63) is 317 Å². The molecule has 0 N–H and O–H groups in total. The molecule has 0 radical (unpaired) electrons. The normalized spacial score (nSPS) is 13.0. The predicted molar refractivity (Wildman–Crippen MR) is 402 cm³/mol. The summed E-state index contributed by atoms with van der Waals surface area (Å²) in [7, 11) is -6.75. The standard InChI is InChI=1S/C86H81B2NSi2/c1-58-50-60(3)82(61(4)51-58)87-73-56-65(85(7,8)9)46-48-77(73)89-78-49-47-66(86(10,11)12)57-74(78)88(83-62(5)52-59(2)53-63(83)6)76-55-64(54-75(87)84(76)89)81-79(90(67-32-19-13-20-33-67,68-34-21-14-22-35-68)69-36-23-15-24-37-69)44-31-45-80(81)91(70-38-25-16-26-39-70,71-40-27-17-28-41-71)72-42-29-18-30-43-72/h13-57H,1-12H3. The van der Waals surface area contributed by atoms with Gasteiger partial charge in [0.15, 0.2) is 16.1 Å². The maximum atomic E-state index is 2.74. The number of hydrogen-bond donors (Lipinski definition) is 0. The van der Waals surface area contributed by atoms with Crippen LogP contribution in [-0.2, 0) is 10.8 Å². The summed E-state index contributed by atoms with van der Waals surface area (Å²) >= 11 is 0. The molecule has 1 nitrogen and oxygen atoms in total. The molecule has 0 aromatic heterocycles. The summed E-state index contributed by atoms with van der Waals surface area (Å²) in [5, 5.41) is 10.9. The quantitative estimate of drug-likeness (QED) is 0.0922. The highest BCUT2D eigenvalue weighted by atomic mass is 28.3. The number of aryl methyl sites for hydroxylation is 6. The highest BCUT2D eigenvalue weighted by molar-refractivity contribution is 7.23. The fourth-order valence-electron chi connectivity index (χ4n) is 16.6. The molecule has 14 rings (SSSR count). The summed E-state index contributed by atoms with van der Waals surface area (Å²) in [6.45, 7) is 28.1. The minimum atomic E-state index is -3.37. The second kappa shape index (κ2) is 23.0. The van der Waals surface area contributed by atoms with E-state index in [1.807, 2.05) is 0 Å². The molecule has 5 heteroatoms. The van der Waals surface area contributed by atoms with E-state index in [9.17, 15) is 0 Å². The largest absolute Gasteiger partial charge is 0.313 e. The second-order valence-corrected chi connectivity index (χ2v) is 35.8. The molecule has 0 saturated carbocycles. The zero-order chi connectivity index (χ0) is 63.1. The van der Waals surface area contributed by atoms with Crippen LogP contribution in [0, 0.1) is 41.5 Å². The van der Waals surface area contributed by atoms with Gasteiger partial charge in [-0.1, -0.05) is 347 Å². The molecule has 2 heterocycles. The Kier molecular flexibility index (Phi) is 15.1. The molecule has 0 atom stereocenters. The van der Waals surface area contributed by atoms with Gasteiger partial charge < -0.3 is 4.90 Å². The Morgan fingerprint density at radius 2 is 0.582 bits per heavy atom. The smallest absolute Gasteiger partial charge is 0.247 e. The van der Waals surface area contributed by atoms with Gasteiger partial charge in [-0.25, -0.2) is 0 Å². The monoisotopic (exact) mass is 1210 g/mol. The minimum absolute atomic E-state index is 0.106. The van der Waals surface area contributed by atoms with E-state index >= 15 is 0 Å². The molecular formula is C86H81B2NSi2. The fraction of sp³-hybridized carbons (Fsp3) is 0.163. The number of anilines is 3. The van der Waals surface area contributed by atoms with Gasteiger partial charge in [0.1, 0.15) is 0 Å². The van der Waals surface area contributed by atoms with Crippen LogP contribution >= 0.6 is 0 Å². The first-order valence-corrected chi connectivity index (χ1v) is 36.8. The van der Waals surface area contributed by atoms with Gasteiger partial charge in [0.25, 0.3) is 0 Å². The lowest BCUT2D eigenvalue weighted by molar-refractivity contribution is 0.590. The Bertz CT molecular complexity index is 4190. The molecule has 0 aliphatic carbocycles. The van der Waals surface area contributed by atoms with Crippen LogP contribution in [0.15, 0.2) is 273 Å². The van der Waals surface area contributed by atoms with Gasteiger partial charge in [0, 0.05) is 17.1 Å². The highest BCUT2D eigenvalue weighted by Crippen LogP contribution is 2.42. The van der Waals surface area contributed by atoms with Crippen LogP contribution in [0.1, 0.15) is 86.1 Å². The molecule has 0 unspecified atom stereocenters. The van der Waals surface area contributed by atoms with Crippen molar-refractivity contribution in [1.29, 1.82) is 0 Å². The molecule has 0 amide bonds. The van der Waals surface area contributed by atoms with Gasteiger partial charge in [0.2, 0.25) is 13.4 Å². The van der Waals surface area contributed by atoms with E-state index in [1.165, 1.54) is 147 Å².